The Morgan fingerprint density at radius 2 is 1.39 bits per heavy atom. The summed E-state index contributed by atoms with van der Waals surface area (Å²) < 4.78 is 57.7. The summed E-state index contributed by atoms with van der Waals surface area (Å²) in [5.41, 5.74) is 0. The monoisotopic (exact) mass is 355 g/mol. The number of carbonyl (C=O) groups excluding carboxylic acids is 1. The van der Waals surface area contributed by atoms with Gasteiger partial charge in [0, 0.05) is 13.0 Å². The summed E-state index contributed by atoms with van der Waals surface area (Å²) >= 11 is 0. The van der Waals surface area contributed by atoms with E-state index in [9.17, 15) is 21.6 Å². The molecular formula is C6H15K2NO7S2. The van der Waals surface area contributed by atoms with Crippen molar-refractivity contribution >= 4 is 129 Å². The van der Waals surface area contributed by atoms with Gasteiger partial charge in [-0.3, -0.25) is 13.9 Å². The first kappa shape index (κ1) is 25.5. The first-order valence-corrected chi connectivity index (χ1v) is 7.49. The van der Waals surface area contributed by atoms with E-state index in [-0.39, 0.29) is 116 Å². The first-order valence-electron chi connectivity index (χ1n) is 4.27. The fourth-order valence-corrected chi connectivity index (χ4v) is 1.74. The van der Waals surface area contributed by atoms with E-state index in [1.54, 1.807) is 0 Å². The topological polar surface area (TPSA) is 138 Å². The number of amides is 1. The van der Waals surface area contributed by atoms with E-state index in [4.69, 9.17) is 9.11 Å². The molecule has 1 amide bonds. The molecule has 0 aliphatic heterocycles. The Balaban J connectivity index is -0.00000112. The van der Waals surface area contributed by atoms with Crippen molar-refractivity contribution in [3.8, 4) is 0 Å². The number of nitrogens with one attached hydrogen (secondary N) is 1. The van der Waals surface area contributed by atoms with Crippen molar-refractivity contribution < 1.29 is 30.7 Å². The number of rotatable bonds is 7. The molecule has 18 heavy (non-hydrogen) atoms. The summed E-state index contributed by atoms with van der Waals surface area (Å²) in [6.45, 7) is 0.00407. The molecule has 0 aliphatic carbocycles. The zero-order chi connectivity index (χ0) is 12.8. The molecule has 0 saturated heterocycles. The maximum absolute atomic E-state index is 10.9. The molecule has 0 unspecified atom stereocenters. The molecule has 0 bridgehead atoms. The van der Waals surface area contributed by atoms with Gasteiger partial charge in [0.05, 0.1) is 11.5 Å². The second kappa shape index (κ2) is 12.1. The number of hydrogen-bond donors (Lipinski definition) is 3. The summed E-state index contributed by atoms with van der Waals surface area (Å²) in [5.74, 6) is -1.78. The van der Waals surface area contributed by atoms with Crippen LogP contribution in [-0.4, -0.2) is 153 Å². The zero-order valence-corrected chi connectivity index (χ0v) is 9.92. The van der Waals surface area contributed by atoms with Crippen LogP contribution in [0.1, 0.15) is 12.8 Å². The Hall–Kier alpha value is 2.56. The molecule has 0 spiro atoms. The molecule has 0 atom stereocenters. The Bertz CT molecular complexity index is 433. The van der Waals surface area contributed by atoms with Crippen molar-refractivity contribution in [1.29, 1.82) is 0 Å². The van der Waals surface area contributed by atoms with Crippen LogP contribution in [0.25, 0.3) is 0 Å². The van der Waals surface area contributed by atoms with Crippen molar-refractivity contribution in [2.75, 3.05) is 18.1 Å². The molecule has 3 N–H and O–H groups in total. The van der Waals surface area contributed by atoms with Crippen molar-refractivity contribution in [2.24, 2.45) is 0 Å². The quantitative estimate of drug-likeness (QED) is 0.258. The molecule has 8 nitrogen and oxygen atoms in total. The summed E-state index contributed by atoms with van der Waals surface area (Å²) in [6, 6.07) is 0. The van der Waals surface area contributed by atoms with Gasteiger partial charge in [0.2, 0.25) is 5.91 Å². The number of hydrogen-bond acceptors (Lipinski definition) is 5. The van der Waals surface area contributed by atoms with Crippen LogP contribution in [0.2, 0.25) is 0 Å². The molecule has 12 heteroatoms. The van der Waals surface area contributed by atoms with Gasteiger partial charge >= 0.3 is 103 Å². The van der Waals surface area contributed by atoms with E-state index in [2.05, 4.69) is 5.32 Å². The predicted octanol–water partition coefficient (Wildman–Crippen LogP) is -2.64. The Labute approximate surface area is 191 Å². The third kappa shape index (κ3) is 20.9. The third-order valence-electron chi connectivity index (χ3n) is 1.49. The van der Waals surface area contributed by atoms with Crippen LogP contribution in [0, 0.1) is 0 Å². The average molecular weight is 356 g/mol. The predicted molar refractivity (Wildman–Crippen MR) is 69.4 cm³/mol. The number of carbonyl (C=O) groups is 1. The van der Waals surface area contributed by atoms with Crippen molar-refractivity contribution in [3.63, 3.8) is 0 Å². The van der Waals surface area contributed by atoms with Crippen LogP contribution >= 0.6 is 0 Å². The van der Waals surface area contributed by atoms with Gasteiger partial charge in [-0.05, 0) is 6.42 Å². The van der Waals surface area contributed by atoms with E-state index in [1.165, 1.54) is 0 Å². The molecule has 0 aromatic heterocycles. The van der Waals surface area contributed by atoms with E-state index in [0.29, 0.717) is 0 Å². The standard InChI is InChI=1S/C6H13NO7S2.2K.2H/c8-6(2-5-16(12,13)14)7-3-1-4-15(9,10)11;;;;/h1-5H2,(H,7,8)(H,9,10,11)(H,12,13,14);;;;. The van der Waals surface area contributed by atoms with E-state index in [1.807, 2.05) is 0 Å². The van der Waals surface area contributed by atoms with Gasteiger partial charge in [-0.1, -0.05) is 0 Å². The summed E-state index contributed by atoms with van der Waals surface area (Å²) in [6.07, 6.45) is -0.374. The normalized spacial score (nSPS) is 11.0. The van der Waals surface area contributed by atoms with Gasteiger partial charge in [0.1, 0.15) is 0 Å². The first-order chi connectivity index (χ1) is 7.10. The zero-order valence-electron chi connectivity index (χ0n) is 8.29. The average Bonchev–Trinajstić information content (AvgIpc) is 2.06. The molecule has 100 valence electrons. The van der Waals surface area contributed by atoms with Crippen molar-refractivity contribution in [3.05, 3.63) is 0 Å². The van der Waals surface area contributed by atoms with Crippen LogP contribution in [-0.2, 0) is 25.0 Å². The molecular weight excluding hydrogens is 340 g/mol. The fourth-order valence-electron chi connectivity index (χ4n) is 0.792. The third-order valence-corrected chi connectivity index (χ3v) is 3.01. The van der Waals surface area contributed by atoms with Gasteiger partial charge in [-0.2, -0.15) is 16.8 Å². The molecule has 0 radical (unpaired) electrons. The molecule has 0 rings (SSSR count). The summed E-state index contributed by atoms with van der Waals surface area (Å²) in [5, 5.41) is 2.24. The van der Waals surface area contributed by atoms with Crippen LogP contribution < -0.4 is 5.32 Å². The minimum atomic E-state index is -4.17. The van der Waals surface area contributed by atoms with E-state index in [0.717, 1.165) is 0 Å². The molecule has 0 heterocycles. The molecule has 0 fully saturated rings. The van der Waals surface area contributed by atoms with E-state index >= 15 is 0 Å². The molecule has 0 aromatic rings. The van der Waals surface area contributed by atoms with Crippen LogP contribution in [0.4, 0.5) is 0 Å². The van der Waals surface area contributed by atoms with E-state index < -0.39 is 44.1 Å². The summed E-state index contributed by atoms with van der Waals surface area (Å²) in [4.78, 5) is 10.9. The van der Waals surface area contributed by atoms with Gasteiger partial charge in [0.15, 0.2) is 0 Å². The van der Waals surface area contributed by atoms with Crippen molar-refractivity contribution in [1.82, 2.24) is 5.32 Å². The van der Waals surface area contributed by atoms with Crippen LogP contribution in [0.3, 0.4) is 0 Å². The van der Waals surface area contributed by atoms with Gasteiger partial charge in [-0.15, -0.1) is 0 Å². The Morgan fingerprint density at radius 1 is 0.944 bits per heavy atom. The fraction of sp³-hybridized carbons (Fsp3) is 0.833. The summed E-state index contributed by atoms with van der Waals surface area (Å²) in [7, 11) is -8.21. The molecule has 0 aromatic carbocycles. The van der Waals surface area contributed by atoms with Gasteiger partial charge in [-0.25, -0.2) is 0 Å². The molecule has 0 aliphatic rings. The second-order valence-electron chi connectivity index (χ2n) is 3.03. The maximum atomic E-state index is 10.9. The van der Waals surface area contributed by atoms with Crippen molar-refractivity contribution in [2.45, 2.75) is 12.8 Å². The van der Waals surface area contributed by atoms with Crippen LogP contribution in [0.5, 0.6) is 0 Å². The molecule has 0 saturated carbocycles. The Kier molecular flexibility index (Phi) is 17.2. The van der Waals surface area contributed by atoms with Gasteiger partial charge < -0.3 is 5.32 Å². The minimum absolute atomic E-state index is 0. The van der Waals surface area contributed by atoms with Crippen LogP contribution in [0.15, 0.2) is 0 Å². The van der Waals surface area contributed by atoms with Gasteiger partial charge in [0.25, 0.3) is 20.2 Å². The SMILES string of the molecule is O=C(CCS(=O)(=O)O)NCCCS(=O)(=O)O.[KH].[KH]. The Morgan fingerprint density at radius 3 is 1.78 bits per heavy atom. The second-order valence-corrected chi connectivity index (χ2v) is 6.17.